The van der Waals surface area contributed by atoms with Gasteiger partial charge in [0.2, 0.25) is 10.1 Å². The van der Waals surface area contributed by atoms with Gasteiger partial charge in [-0.25, -0.2) is 0 Å². The Morgan fingerprint density at radius 2 is 2.18 bits per heavy atom. The monoisotopic (exact) mass is 270 g/mol. The second-order valence-electron chi connectivity index (χ2n) is 2.87. The summed E-state index contributed by atoms with van der Waals surface area (Å²) in [5.41, 5.74) is 5.26. The Balaban J connectivity index is 2.17. The van der Waals surface area contributed by atoms with Crippen LogP contribution in [0.5, 0.6) is 0 Å². The van der Waals surface area contributed by atoms with Crippen LogP contribution in [0.1, 0.15) is 9.80 Å². The molecule has 0 bridgehead atoms. The molecule has 10 heteroatoms. The van der Waals surface area contributed by atoms with Crippen molar-refractivity contribution in [3.8, 4) is 0 Å². The predicted molar refractivity (Wildman–Crippen MR) is 53.5 cm³/mol. The number of anilines is 1. The fourth-order valence-corrected chi connectivity index (χ4v) is 1.35. The largest absolute Gasteiger partial charge is 0.411 e. The molecule has 0 radical (unpaired) electrons. The van der Waals surface area contributed by atoms with Crippen molar-refractivity contribution < 1.29 is 22.7 Å². The molecule has 0 aliphatic carbocycles. The summed E-state index contributed by atoms with van der Waals surface area (Å²) < 4.78 is 39.3. The van der Waals surface area contributed by atoms with Crippen LogP contribution in [-0.4, -0.2) is 42.0 Å². The summed E-state index contributed by atoms with van der Waals surface area (Å²) in [6.45, 7) is -1.62. The molecule has 1 aromatic rings. The van der Waals surface area contributed by atoms with Crippen molar-refractivity contribution in [3.05, 3.63) is 5.01 Å². The summed E-state index contributed by atoms with van der Waals surface area (Å²) in [5.74, 6) is -0.546. The van der Waals surface area contributed by atoms with Gasteiger partial charge in [0.15, 0.2) is 0 Å². The Morgan fingerprint density at radius 3 is 2.71 bits per heavy atom. The third-order valence-corrected chi connectivity index (χ3v) is 2.18. The lowest BCUT2D eigenvalue weighted by Gasteiger charge is -2.07. The molecule has 0 aromatic carbocycles. The molecule has 1 heterocycles. The highest BCUT2D eigenvalue weighted by Crippen LogP contribution is 2.14. The maximum absolute atomic E-state index is 11.7. The number of carbonyl (C=O) groups excluding carboxylic acids is 1. The number of rotatable bonds is 5. The highest BCUT2D eigenvalue weighted by atomic mass is 32.1. The van der Waals surface area contributed by atoms with Crippen LogP contribution in [0.15, 0.2) is 0 Å². The van der Waals surface area contributed by atoms with Crippen molar-refractivity contribution in [1.82, 2.24) is 15.5 Å². The van der Waals surface area contributed by atoms with E-state index in [4.69, 9.17) is 5.73 Å². The molecule has 0 saturated heterocycles. The van der Waals surface area contributed by atoms with Crippen LogP contribution >= 0.6 is 11.3 Å². The molecule has 1 amide bonds. The lowest BCUT2D eigenvalue weighted by Crippen LogP contribution is -2.28. The average molecular weight is 270 g/mol. The van der Waals surface area contributed by atoms with Crippen molar-refractivity contribution in [3.63, 3.8) is 0 Å². The Bertz CT molecular complexity index is 381. The second kappa shape index (κ2) is 5.77. The minimum atomic E-state index is -4.36. The fraction of sp³-hybridized carbons (Fsp3) is 0.571. The van der Waals surface area contributed by atoms with E-state index in [0.29, 0.717) is 0 Å². The molecule has 1 aromatic heterocycles. The molecule has 0 aliphatic heterocycles. The topological polar surface area (TPSA) is 90.1 Å². The summed E-state index contributed by atoms with van der Waals surface area (Å²) in [4.78, 5) is 11.3. The zero-order valence-electron chi connectivity index (χ0n) is 8.45. The normalized spacial score (nSPS) is 11.5. The van der Waals surface area contributed by atoms with E-state index in [9.17, 15) is 18.0 Å². The van der Waals surface area contributed by atoms with Crippen LogP contribution in [0.2, 0.25) is 0 Å². The highest BCUT2D eigenvalue weighted by molar-refractivity contribution is 7.16. The van der Waals surface area contributed by atoms with Crippen LogP contribution in [-0.2, 0) is 4.74 Å². The van der Waals surface area contributed by atoms with Gasteiger partial charge in [-0.3, -0.25) is 4.79 Å². The van der Waals surface area contributed by atoms with Gasteiger partial charge in [-0.2, -0.15) is 13.2 Å². The number of hydrogen-bond acceptors (Lipinski definition) is 6. The summed E-state index contributed by atoms with van der Waals surface area (Å²) in [7, 11) is 0. The van der Waals surface area contributed by atoms with Crippen LogP contribution in [0.4, 0.5) is 18.3 Å². The van der Waals surface area contributed by atoms with Crippen LogP contribution in [0.25, 0.3) is 0 Å². The van der Waals surface area contributed by atoms with E-state index in [2.05, 4.69) is 20.3 Å². The van der Waals surface area contributed by atoms with Gasteiger partial charge in [-0.15, -0.1) is 10.2 Å². The van der Waals surface area contributed by atoms with Crippen molar-refractivity contribution >= 4 is 22.4 Å². The van der Waals surface area contributed by atoms with Crippen LogP contribution in [0, 0.1) is 0 Å². The van der Waals surface area contributed by atoms with Gasteiger partial charge >= 0.3 is 6.18 Å². The zero-order valence-corrected chi connectivity index (χ0v) is 9.27. The third-order valence-electron chi connectivity index (χ3n) is 1.43. The second-order valence-corrected chi connectivity index (χ2v) is 3.88. The predicted octanol–water partition coefficient (Wildman–Crippen LogP) is 0.429. The summed E-state index contributed by atoms with van der Waals surface area (Å²) in [5, 5.41) is 9.40. The lowest BCUT2D eigenvalue weighted by atomic mass is 10.6. The number of nitrogen functional groups attached to an aromatic ring is 1. The van der Waals surface area contributed by atoms with Gasteiger partial charge in [-0.1, -0.05) is 11.3 Å². The van der Waals surface area contributed by atoms with E-state index in [1.54, 1.807) is 0 Å². The molecule has 6 nitrogen and oxygen atoms in total. The molecule has 0 aliphatic rings. The Labute approximate surface area is 98.0 Å². The van der Waals surface area contributed by atoms with Gasteiger partial charge in [0, 0.05) is 6.54 Å². The first-order valence-corrected chi connectivity index (χ1v) is 5.22. The number of halogens is 3. The maximum atomic E-state index is 11.7. The van der Waals surface area contributed by atoms with Gasteiger partial charge in [0.05, 0.1) is 6.61 Å². The zero-order chi connectivity index (χ0) is 12.9. The Morgan fingerprint density at radius 1 is 1.47 bits per heavy atom. The van der Waals surface area contributed by atoms with Crippen molar-refractivity contribution in [2.75, 3.05) is 25.5 Å². The first-order chi connectivity index (χ1) is 7.88. The van der Waals surface area contributed by atoms with Crippen molar-refractivity contribution in [2.24, 2.45) is 0 Å². The van der Waals surface area contributed by atoms with E-state index in [1.165, 1.54) is 0 Å². The minimum absolute atomic E-state index is 0.0472. The first-order valence-electron chi connectivity index (χ1n) is 4.40. The number of hydrogen-bond donors (Lipinski definition) is 2. The van der Waals surface area contributed by atoms with Gasteiger partial charge in [0.1, 0.15) is 6.61 Å². The van der Waals surface area contributed by atoms with Crippen molar-refractivity contribution in [2.45, 2.75) is 6.18 Å². The molecule has 0 saturated carbocycles. The first kappa shape index (κ1) is 13.6. The van der Waals surface area contributed by atoms with Gasteiger partial charge < -0.3 is 15.8 Å². The molecule has 1 rings (SSSR count). The average Bonchev–Trinajstić information content (AvgIpc) is 2.62. The Kier molecular flexibility index (Phi) is 4.63. The van der Waals surface area contributed by atoms with E-state index >= 15 is 0 Å². The van der Waals surface area contributed by atoms with Crippen molar-refractivity contribution in [1.29, 1.82) is 0 Å². The lowest BCUT2D eigenvalue weighted by molar-refractivity contribution is -0.173. The summed E-state index contributed by atoms with van der Waals surface area (Å²) in [6, 6.07) is 0. The van der Waals surface area contributed by atoms with Gasteiger partial charge in [-0.05, 0) is 0 Å². The molecule has 3 N–H and O–H groups in total. The third kappa shape index (κ3) is 5.45. The molecular formula is C7H9F3N4O2S. The highest BCUT2D eigenvalue weighted by Gasteiger charge is 2.27. The number of nitrogens with zero attached hydrogens (tertiary/aromatic N) is 2. The number of amides is 1. The number of nitrogens with two attached hydrogens (primary N) is 1. The Hall–Kier alpha value is -1.42. The quantitative estimate of drug-likeness (QED) is 0.757. The molecule has 17 heavy (non-hydrogen) atoms. The van der Waals surface area contributed by atoms with E-state index < -0.39 is 18.7 Å². The molecular weight excluding hydrogens is 261 g/mol. The smallest absolute Gasteiger partial charge is 0.374 e. The van der Waals surface area contributed by atoms with Gasteiger partial charge in [0.25, 0.3) is 5.91 Å². The summed E-state index contributed by atoms with van der Waals surface area (Å²) in [6.07, 6.45) is -4.36. The summed E-state index contributed by atoms with van der Waals surface area (Å²) >= 11 is 0.887. The molecule has 96 valence electrons. The molecule has 0 atom stereocenters. The number of carbonyl (C=O) groups is 1. The van der Waals surface area contributed by atoms with Crippen LogP contribution < -0.4 is 11.1 Å². The van der Waals surface area contributed by atoms with E-state index in [0.717, 1.165) is 11.3 Å². The fourth-order valence-electron chi connectivity index (χ4n) is 0.827. The number of alkyl halides is 3. The number of nitrogens with one attached hydrogen (secondary N) is 1. The number of ether oxygens (including phenoxy) is 1. The maximum Gasteiger partial charge on any atom is 0.411 e. The minimum Gasteiger partial charge on any atom is -0.374 e. The van der Waals surface area contributed by atoms with E-state index in [-0.39, 0.29) is 23.3 Å². The molecule has 0 fully saturated rings. The van der Waals surface area contributed by atoms with E-state index in [1.807, 2.05) is 0 Å². The molecule has 0 unspecified atom stereocenters. The SMILES string of the molecule is Nc1nnc(C(=O)NCCOCC(F)(F)F)s1. The standard InChI is InChI=1S/C7H9F3N4O2S/c8-7(9,10)3-16-2-1-12-4(15)5-13-14-6(11)17-5/h1-3H2,(H2,11,14)(H,12,15). The van der Waals surface area contributed by atoms with Crippen LogP contribution in [0.3, 0.4) is 0 Å². The molecule has 0 spiro atoms. The number of aromatic nitrogens is 2.